The Morgan fingerprint density at radius 1 is 1.24 bits per heavy atom. The summed E-state index contributed by atoms with van der Waals surface area (Å²) in [6.07, 6.45) is 2.89. The highest BCUT2D eigenvalue weighted by molar-refractivity contribution is 7.98. The van der Waals surface area contributed by atoms with E-state index in [-0.39, 0.29) is 16.7 Å². The van der Waals surface area contributed by atoms with E-state index in [0.717, 1.165) is 17.7 Å². The molecule has 1 unspecified atom stereocenters. The lowest BCUT2D eigenvalue weighted by atomic mass is 10.0. The molecular formula is C16H18N2O2S. The van der Waals surface area contributed by atoms with E-state index in [9.17, 15) is 10.1 Å². The number of nitro benzene ring substituents is 1. The maximum atomic E-state index is 10.9. The van der Waals surface area contributed by atoms with E-state index in [1.165, 1.54) is 11.0 Å². The van der Waals surface area contributed by atoms with Gasteiger partial charge in [0.05, 0.1) is 11.0 Å². The topological polar surface area (TPSA) is 55.2 Å². The van der Waals surface area contributed by atoms with Crippen LogP contribution in [-0.4, -0.2) is 11.2 Å². The van der Waals surface area contributed by atoms with Gasteiger partial charge in [0, 0.05) is 22.7 Å². The number of nitro groups is 1. The fourth-order valence-corrected chi connectivity index (χ4v) is 2.79. The van der Waals surface area contributed by atoms with Crippen LogP contribution in [0.25, 0.3) is 0 Å². The monoisotopic (exact) mass is 302 g/mol. The number of para-hydroxylation sites is 1. The Labute approximate surface area is 128 Å². The van der Waals surface area contributed by atoms with Crippen LogP contribution in [0.1, 0.15) is 24.9 Å². The number of hydrogen-bond donors (Lipinski definition) is 1. The summed E-state index contributed by atoms with van der Waals surface area (Å²) < 4.78 is 0. The van der Waals surface area contributed by atoms with Gasteiger partial charge in [-0.3, -0.25) is 10.1 Å². The largest absolute Gasteiger partial charge is 0.377 e. The minimum Gasteiger partial charge on any atom is -0.377 e. The third-order valence-electron chi connectivity index (χ3n) is 3.33. The molecule has 110 valence electrons. The fourth-order valence-electron chi connectivity index (χ4n) is 2.23. The van der Waals surface area contributed by atoms with Crippen molar-refractivity contribution in [2.24, 2.45) is 0 Å². The molecule has 1 N–H and O–H groups in total. The number of anilines is 1. The Hall–Kier alpha value is -2.01. The fraction of sp³-hybridized carbons (Fsp3) is 0.250. The molecule has 0 saturated carbocycles. The molecule has 0 aliphatic heterocycles. The lowest BCUT2D eigenvalue weighted by Crippen LogP contribution is -2.10. The molecule has 0 spiro atoms. The number of nitrogens with one attached hydrogen (secondary N) is 1. The summed E-state index contributed by atoms with van der Waals surface area (Å²) in [5, 5.41) is 14.4. The molecule has 1 atom stereocenters. The highest BCUT2D eigenvalue weighted by Gasteiger charge is 2.14. The van der Waals surface area contributed by atoms with Gasteiger partial charge >= 0.3 is 0 Å². The summed E-state index contributed by atoms with van der Waals surface area (Å²) in [5.41, 5.74) is 2.12. The van der Waals surface area contributed by atoms with E-state index in [4.69, 9.17) is 0 Å². The summed E-state index contributed by atoms with van der Waals surface area (Å²) in [5.74, 6) is 0. The highest BCUT2D eigenvalue weighted by atomic mass is 32.2. The molecule has 2 aromatic carbocycles. The van der Waals surface area contributed by atoms with Crippen molar-refractivity contribution in [2.75, 3.05) is 11.6 Å². The summed E-state index contributed by atoms with van der Waals surface area (Å²) >= 11 is 1.68. The Kier molecular flexibility index (Phi) is 5.22. The maximum Gasteiger partial charge on any atom is 0.269 e. The number of thioether (sulfide) groups is 1. The molecule has 0 saturated heterocycles. The normalized spacial score (nSPS) is 11.9. The van der Waals surface area contributed by atoms with Crippen molar-refractivity contribution < 1.29 is 4.92 Å². The van der Waals surface area contributed by atoms with Crippen LogP contribution >= 0.6 is 11.8 Å². The van der Waals surface area contributed by atoms with Gasteiger partial charge in [-0.15, -0.1) is 11.8 Å². The van der Waals surface area contributed by atoms with Crippen LogP contribution in [0.3, 0.4) is 0 Å². The van der Waals surface area contributed by atoms with Crippen LogP contribution in [-0.2, 0) is 0 Å². The maximum absolute atomic E-state index is 10.9. The SMILES string of the molecule is CCC(Nc1ccccc1SC)c1cccc([N+](=O)[O-])c1. The molecule has 0 bridgehead atoms. The van der Waals surface area contributed by atoms with Crippen LogP contribution in [0, 0.1) is 10.1 Å². The van der Waals surface area contributed by atoms with Crippen LogP contribution in [0.2, 0.25) is 0 Å². The molecule has 0 aliphatic carbocycles. The van der Waals surface area contributed by atoms with Crippen molar-refractivity contribution in [2.45, 2.75) is 24.3 Å². The van der Waals surface area contributed by atoms with E-state index in [1.54, 1.807) is 23.9 Å². The van der Waals surface area contributed by atoms with Gasteiger partial charge in [-0.05, 0) is 30.4 Å². The zero-order valence-electron chi connectivity index (χ0n) is 12.1. The van der Waals surface area contributed by atoms with Gasteiger partial charge in [-0.2, -0.15) is 0 Å². The predicted octanol–water partition coefficient (Wildman–Crippen LogP) is 4.88. The standard InChI is InChI=1S/C16H18N2O2S/c1-3-14(12-7-6-8-13(11-12)18(19)20)17-15-9-4-5-10-16(15)21-2/h4-11,14,17H,3H2,1-2H3. The molecule has 0 aliphatic rings. The molecular weight excluding hydrogens is 284 g/mol. The van der Waals surface area contributed by atoms with Crippen molar-refractivity contribution in [1.29, 1.82) is 0 Å². The molecule has 0 aromatic heterocycles. The Morgan fingerprint density at radius 2 is 2.00 bits per heavy atom. The van der Waals surface area contributed by atoms with Gasteiger partial charge in [0.1, 0.15) is 0 Å². The number of rotatable bonds is 6. The van der Waals surface area contributed by atoms with Gasteiger partial charge < -0.3 is 5.32 Å². The molecule has 2 rings (SSSR count). The van der Waals surface area contributed by atoms with Crippen molar-refractivity contribution in [3.8, 4) is 0 Å². The zero-order chi connectivity index (χ0) is 15.2. The first-order chi connectivity index (χ1) is 10.2. The van der Waals surface area contributed by atoms with E-state index in [2.05, 4.69) is 18.3 Å². The number of benzene rings is 2. The number of nitrogens with zero attached hydrogens (tertiary/aromatic N) is 1. The van der Waals surface area contributed by atoms with Crippen LogP contribution in [0.4, 0.5) is 11.4 Å². The third kappa shape index (κ3) is 3.76. The van der Waals surface area contributed by atoms with Crippen molar-refractivity contribution >= 4 is 23.1 Å². The zero-order valence-corrected chi connectivity index (χ0v) is 12.9. The van der Waals surface area contributed by atoms with Crippen molar-refractivity contribution in [1.82, 2.24) is 0 Å². The summed E-state index contributed by atoms with van der Waals surface area (Å²) in [6, 6.07) is 15.0. The molecule has 0 amide bonds. The first-order valence-electron chi connectivity index (χ1n) is 6.79. The first kappa shape index (κ1) is 15.4. The smallest absolute Gasteiger partial charge is 0.269 e. The third-order valence-corrected chi connectivity index (χ3v) is 4.12. The van der Waals surface area contributed by atoms with E-state index >= 15 is 0 Å². The summed E-state index contributed by atoms with van der Waals surface area (Å²) in [7, 11) is 0. The molecule has 2 aromatic rings. The van der Waals surface area contributed by atoms with Crippen molar-refractivity contribution in [3.63, 3.8) is 0 Å². The average molecular weight is 302 g/mol. The second-order valence-corrected chi connectivity index (χ2v) is 5.51. The van der Waals surface area contributed by atoms with Gasteiger partial charge in [-0.1, -0.05) is 31.2 Å². The van der Waals surface area contributed by atoms with E-state index < -0.39 is 0 Å². The quantitative estimate of drug-likeness (QED) is 0.469. The molecule has 5 heteroatoms. The van der Waals surface area contributed by atoms with Gasteiger partial charge in [0.25, 0.3) is 5.69 Å². The molecule has 0 radical (unpaired) electrons. The van der Waals surface area contributed by atoms with Crippen LogP contribution < -0.4 is 5.32 Å². The minimum absolute atomic E-state index is 0.0539. The predicted molar refractivity (Wildman–Crippen MR) is 88.0 cm³/mol. The molecule has 0 heterocycles. The summed E-state index contributed by atoms with van der Waals surface area (Å²) in [6.45, 7) is 2.07. The van der Waals surface area contributed by atoms with Gasteiger partial charge in [0.2, 0.25) is 0 Å². The molecule has 4 nitrogen and oxygen atoms in total. The number of hydrogen-bond acceptors (Lipinski definition) is 4. The first-order valence-corrected chi connectivity index (χ1v) is 8.02. The van der Waals surface area contributed by atoms with Crippen LogP contribution in [0.5, 0.6) is 0 Å². The Balaban J connectivity index is 2.27. The highest BCUT2D eigenvalue weighted by Crippen LogP contribution is 2.30. The lowest BCUT2D eigenvalue weighted by Gasteiger charge is -2.20. The average Bonchev–Trinajstić information content (AvgIpc) is 2.53. The number of non-ortho nitro benzene ring substituents is 1. The second kappa shape index (κ2) is 7.13. The van der Waals surface area contributed by atoms with E-state index in [0.29, 0.717) is 0 Å². The molecule has 21 heavy (non-hydrogen) atoms. The van der Waals surface area contributed by atoms with Gasteiger partial charge in [-0.25, -0.2) is 0 Å². The van der Waals surface area contributed by atoms with Crippen LogP contribution in [0.15, 0.2) is 53.4 Å². The Morgan fingerprint density at radius 3 is 2.67 bits per heavy atom. The lowest BCUT2D eigenvalue weighted by molar-refractivity contribution is -0.384. The van der Waals surface area contributed by atoms with E-state index in [1.807, 2.05) is 30.5 Å². The second-order valence-electron chi connectivity index (χ2n) is 4.66. The Bertz CT molecular complexity index is 631. The summed E-state index contributed by atoms with van der Waals surface area (Å²) in [4.78, 5) is 11.7. The minimum atomic E-state index is -0.355. The van der Waals surface area contributed by atoms with Crippen molar-refractivity contribution in [3.05, 3.63) is 64.2 Å². The van der Waals surface area contributed by atoms with Gasteiger partial charge in [0.15, 0.2) is 0 Å². The molecule has 0 fully saturated rings.